The normalized spacial score (nSPS) is 19.8. The Kier molecular flexibility index (Phi) is 10.3. The molecule has 0 aliphatic carbocycles. The number of aryl methyl sites for hydroxylation is 1. The highest BCUT2D eigenvalue weighted by molar-refractivity contribution is 7.99. The van der Waals surface area contributed by atoms with Gasteiger partial charge in [0.05, 0.1) is 10.8 Å². The number of carboxylic acid groups (broad SMARTS) is 1. The second kappa shape index (κ2) is 13.6. The molecule has 2 heterocycles. The predicted octanol–water partition coefficient (Wildman–Crippen LogP) is 3.21. The number of hydrogen-bond donors (Lipinski definition) is 3. The molecule has 3 atom stereocenters. The number of carbonyl (C=O) groups excluding carboxylic acids is 3. The average Bonchev–Trinajstić information content (AvgIpc) is 3.64. The summed E-state index contributed by atoms with van der Waals surface area (Å²) in [5.41, 5.74) is 1.25. The van der Waals surface area contributed by atoms with Gasteiger partial charge in [-0.05, 0) is 70.4 Å². The van der Waals surface area contributed by atoms with Crippen molar-refractivity contribution in [2.45, 2.75) is 75.6 Å². The van der Waals surface area contributed by atoms with Gasteiger partial charge in [0.15, 0.2) is 0 Å². The number of amides is 3. The number of nitrogens with zero attached hydrogens (tertiary/aromatic N) is 2. The van der Waals surface area contributed by atoms with Crippen molar-refractivity contribution in [3.63, 3.8) is 0 Å². The quantitative estimate of drug-likeness (QED) is 0.371. The smallest absolute Gasteiger partial charge is 0.411 e. The van der Waals surface area contributed by atoms with Gasteiger partial charge in [-0.2, -0.15) is 4.31 Å². The zero-order valence-electron chi connectivity index (χ0n) is 25.1. The lowest BCUT2D eigenvalue weighted by molar-refractivity contribution is -0.142. The zero-order valence-corrected chi connectivity index (χ0v) is 26.7. The van der Waals surface area contributed by atoms with E-state index < -0.39 is 51.7 Å². The summed E-state index contributed by atoms with van der Waals surface area (Å²) in [6, 6.07) is 9.82. The Balaban J connectivity index is 1.37. The van der Waals surface area contributed by atoms with E-state index in [0.29, 0.717) is 29.3 Å². The number of aliphatic carboxylic acids is 1. The first kappa shape index (κ1) is 33.3. The SMILES string of the molecule is Cc1ccc(S(=O)(=O)N2CCC[C@H]2C(=O)N[C@@H](Cc2ccc(NC(=O)C3CSCN3C(=O)OC(C)(C)C)cc2)C(=O)O)cc1. The molecule has 14 heteroatoms. The molecule has 2 saturated heterocycles. The highest BCUT2D eigenvalue weighted by Gasteiger charge is 2.41. The van der Waals surface area contributed by atoms with Crippen LogP contribution in [0.2, 0.25) is 0 Å². The molecule has 2 aromatic carbocycles. The number of thioether (sulfide) groups is 1. The minimum absolute atomic E-state index is 0.0571. The molecule has 3 amide bonds. The van der Waals surface area contributed by atoms with Crippen molar-refractivity contribution in [2.75, 3.05) is 23.5 Å². The number of carboxylic acids is 1. The minimum atomic E-state index is -3.94. The number of anilines is 1. The van der Waals surface area contributed by atoms with Crippen molar-refractivity contribution >= 4 is 51.3 Å². The summed E-state index contributed by atoms with van der Waals surface area (Å²) in [7, 11) is -3.94. The molecule has 0 saturated carbocycles. The van der Waals surface area contributed by atoms with E-state index in [9.17, 15) is 32.7 Å². The van der Waals surface area contributed by atoms with Crippen molar-refractivity contribution in [1.82, 2.24) is 14.5 Å². The molecule has 2 aliphatic rings. The van der Waals surface area contributed by atoms with Crippen LogP contribution in [-0.2, 0) is 35.6 Å². The van der Waals surface area contributed by atoms with E-state index in [4.69, 9.17) is 4.74 Å². The van der Waals surface area contributed by atoms with Crippen LogP contribution < -0.4 is 10.6 Å². The van der Waals surface area contributed by atoms with E-state index in [1.54, 1.807) is 57.2 Å². The molecule has 12 nitrogen and oxygen atoms in total. The highest BCUT2D eigenvalue weighted by atomic mass is 32.2. The van der Waals surface area contributed by atoms with E-state index in [1.807, 2.05) is 6.92 Å². The maximum Gasteiger partial charge on any atom is 0.411 e. The first-order valence-electron chi connectivity index (χ1n) is 14.2. The van der Waals surface area contributed by atoms with Gasteiger partial charge in [0.2, 0.25) is 21.8 Å². The highest BCUT2D eigenvalue weighted by Crippen LogP contribution is 2.27. The van der Waals surface area contributed by atoms with Gasteiger partial charge in [0.25, 0.3) is 0 Å². The van der Waals surface area contributed by atoms with Crippen LogP contribution in [0.1, 0.15) is 44.7 Å². The topological polar surface area (TPSA) is 162 Å². The molecule has 2 aliphatic heterocycles. The Morgan fingerprint density at radius 3 is 2.30 bits per heavy atom. The van der Waals surface area contributed by atoms with Crippen molar-refractivity contribution in [3.05, 3.63) is 59.7 Å². The van der Waals surface area contributed by atoms with Crippen LogP contribution >= 0.6 is 11.8 Å². The molecule has 0 aromatic heterocycles. The predicted molar refractivity (Wildman–Crippen MR) is 166 cm³/mol. The van der Waals surface area contributed by atoms with Gasteiger partial charge in [-0.25, -0.2) is 18.0 Å². The summed E-state index contributed by atoms with van der Waals surface area (Å²) in [4.78, 5) is 52.2. The van der Waals surface area contributed by atoms with Gasteiger partial charge in [-0.15, -0.1) is 11.8 Å². The molecule has 1 unspecified atom stereocenters. The number of hydrogen-bond acceptors (Lipinski definition) is 8. The lowest BCUT2D eigenvalue weighted by Crippen LogP contribution is -2.51. The van der Waals surface area contributed by atoms with Crippen molar-refractivity contribution in [3.8, 4) is 0 Å². The molecule has 3 N–H and O–H groups in total. The number of rotatable bonds is 9. The zero-order chi connectivity index (χ0) is 32.2. The number of carbonyl (C=O) groups is 4. The number of sulfonamides is 1. The van der Waals surface area contributed by atoms with Gasteiger partial charge >= 0.3 is 12.1 Å². The molecule has 238 valence electrons. The Hall–Kier alpha value is -3.62. The molecule has 2 fully saturated rings. The third-order valence-electron chi connectivity index (χ3n) is 7.22. The molecule has 2 aromatic rings. The summed E-state index contributed by atoms with van der Waals surface area (Å²) in [6.07, 6.45) is 0.137. The van der Waals surface area contributed by atoms with E-state index in [0.717, 1.165) is 9.87 Å². The summed E-state index contributed by atoms with van der Waals surface area (Å²) >= 11 is 1.45. The van der Waals surface area contributed by atoms with Gasteiger partial charge in [0, 0.05) is 24.4 Å². The summed E-state index contributed by atoms with van der Waals surface area (Å²) < 4.78 is 33.0. The van der Waals surface area contributed by atoms with E-state index >= 15 is 0 Å². The van der Waals surface area contributed by atoms with Crippen LogP contribution in [0.3, 0.4) is 0 Å². The summed E-state index contributed by atoms with van der Waals surface area (Å²) in [5.74, 6) is -1.54. The fraction of sp³-hybridized carbons (Fsp3) is 0.467. The van der Waals surface area contributed by atoms with E-state index in [-0.39, 0.29) is 30.2 Å². The molecule has 0 radical (unpaired) electrons. The van der Waals surface area contributed by atoms with E-state index in [2.05, 4.69) is 10.6 Å². The molecule has 4 rings (SSSR count). The van der Waals surface area contributed by atoms with Gasteiger partial charge in [-0.1, -0.05) is 29.8 Å². The maximum atomic E-state index is 13.2. The van der Waals surface area contributed by atoms with Crippen LogP contribution in [0, 0.1) is 6.92 Å². The van der Waals surface area contributed by atoms with Gasteiger partial charge in [0.1, 0.15) is 23.7 Å². The first-order valence-corrected chi connectivity index (χ1v) is 16.8. The van der Waals surface area contributed by atoms with Gasteiger partial charge < -0.3 is 20.5 Å². The largest absolute Gasteiger partial charge is 0.480 e. The number of benzene rings is 2. The van der Waals surface area contributed by atoms with Crippen molar-refractivity contribution < 1.29 is 37.4 Å². The average molecular weight is 647 g/mol. The maximum absolute atomic E-state index is 13.2. The lowest BCUT2D eigenvalue weighted by atomic mass is 10.0. The van der Waals surface area contributed by atoms with Crippen LogP contribution in [0.25, 0.3) is 0 Å². The Bertz CT molecular complexity index is 1490. The summed E-state index contributed by atoms with van der Waals surface area (Å²) in [6.45, 7) is 7.27. The van der Waals surface area contributed by atoms with Crippen LogP contribution in [0.15, 0.2) is 53.4 Å². The number of ether oxygens (including phenoxy) is 1. The minimum Gasteiger partial charge on any atom is -0.480 e. The molecule has 0 bridgehead atoms. The monoisotopic (exact) mass is 646 g/mol. The van der Waals surface area contributed by atoms with Gasteiger partial charge in [-0.3, -0.25) is 14.5 Å². The van der Waals surface area contributed by atoms with Crippen molar-refractivity contribution in [2.24, 2.45) is 0 Å². The molecular formula is C30H38N4O8S2. The summed E-state index contributed by atoms with van der Waals surface area (Å²) in [5, 5.41) is 15.2. The third kappa shape index (κ3) is 8.10. The molecular weight excluding hydrogens is 608 g/mol. The Morgan fingerprint density at radius 1 is 1.02 bits per heavy atom. The Morgan fingerprint density at radius 2 is 1.68 bits per heavy atom. The van der Waals surface area contributed by atoms with Crippen LogP contribution in [-0.4, -0.2) is 88.5 Å². The van der Waals surface area contributed by atoms with Crippen molar-refractivity contribution in [1.29, 1.82) is 0 Å². The second-order valence-electron chi connectivity index (χ2n) is 11.8. The standard InChI is InChI=1S/C30H38N4O8S2/c1-19-7-13-22(14-8-19)44(40,41)34-15-5-6-24(34)26(35)32-23(28(37)38)16-20-9-11-21(12-10-20)31-27(36)25-17-43-18-33(25)29(39)42-30(2,3)4/h7-14,23-25H,5-6,15-18H2,1-4H3,(H,31,36)(H,32,35)(H,37,38)/t23-,24-,25?/m0/s1. The molecule has 0 spiro atoms. The third-order valence-corrected chi connectivity index (χ3v) is 10.2. The second-order valence-corrected chi connectivity index (χ2v) is 14.7. The Labute approximate surface area is 261 Å². The first-order chi connectivity index (χ1) is 20.7. The molecule has 44 heavy (non-hydrogen) atoms. The lowest BCUT2D eigenvalue weighted by Gasteiger charge is -2.27. The van der Waals surface area contributed by atoms with Crippen LogP contribution in [0.4, 0.5) is 10.5 Å². The fourth-order valence-corrected chi connectivity index (χ4v) is 7.75. The van der Waals surface area contributed by atoms with E-state index in [1.165, 1.54) is 28.8 Å². The van der Waals surface area contributed by atoms with Crippen LogP contribution in [0.5, 0.6) is 0 Å². The number of nitrogens with one attached hydrogen (secondary N) is 2. The fourth-order valence-electron chi connectivity index (χ4n) is 4.95.